The number of amides is 1. The molecule has 3 rings (SSSR count). The van der Waals surface area contributed by atoms with Gasteiger partial charge in [-0.25, -0.2) is 9.97 Å². The van der Waals surface area contributed by atoms with Crippen molar-refractivity contribution < 1.29 is 19.0 Å². The number of anilines is 1. The van der Waals surface area contributed by atoms with Crippen molar-refractivity contribution in [2.45, 2.75) is 26.7 Å². The van der Waals surface area contributed by atoms with Gasteiger partial charge in [0.2, 0.25) is 5.75 Å². The highest BCUT2D eigenvalue weighted by molar-refractivity contribution is 5.99. The van der Waals surface area contributed by atoms with Gasteiger partial charge in [0.1, 0.15) is 11.4 Å². The van der Waals surface area contributed by atoms with Crippen LogP contribution in [0.15, 0.2) is 18.3 Å². The van der Waals surface area contributed by atoms with Gasteiger partial charge in [0.15, 0.2) is 17.3 Å². The monoisotopic (exact) mass is 414 g/mol. The highest BCUT2D eigenvalue weighted by Gasteiger charge is 2.24. The van der Waals surface area contributed by atoms with Crippen molar-refractivity contribution in [3.05, 3.63) is 23.9 Å². The number of aromatic nitrogens is 2. The molecule has 1 saturated carbocycles. The maximum Gasteiger partial charge on any atom is 0.256 e. The van der Waals surface area contributed by atoms with Crippen LogP contribution < -0.4 is 24.4 Å². The number of rotatable bonds is 10. The first-order chi connectivity index (χ1) is 14.6. The number of nitrogens with zero attached hydrogens (tertiary/aromatic N) is 3. The molecule has 1 aromatic carbocycles. The first-order valence-electron chi connectivity index (χ1n) is 10.3. The highest BCUT2D eigenvalue weighted by Crippen LogP contribution is 2.40. The number of carbonyl (C=O) groups excluding carboxylic acids is 1. The molecule has 0 saturated heterocycles. The molecular weight excluding hydrogens is 384 g/mol. The van der Waals surface area contributed by atoms with E-state index >= 15 is 0 Å². The quantitative estimate of drug-likeness (QED) is 0.639. The second kappa shape index (κ2) is 9.65. The molecule has 0 atom stereocenters. The lowest BCUT2D eigenvalue weighted by atomic mass is 10.1. The van der Waals surface area contributed by atoms with Crippen molar-refractivity contribution in [1.82, 2.24) is 15.3 Å². The smallest absolute Gasteiger partial charge is 0.256 e. The standard InChI is InChI=1S/C22H30N4O4/c1-6-26(7-2)21-16(22(27)24-12-14-8-9-14)13-23-20(25-21)15-10-17(28-3)19(30-5)18(11-15)29-4/h10-11,13-14H,6-9,12H2,1-5H3,(H,24,27). The number of hydrogen-bond acceptors (Lipinski definition) is 7. The molecule has 1 aliphatic rings. The fourth-order valence-corrected chi connectivity index (χ4v) is 3.30. The van der Waals surface area contributed by atoms with E-state index in [9.17, 15) is 4.79 Å². The fraction of sp³-hybridized carbons (Fsp3) is 0.500. The van der Waals surface area contributed by atoms with Crippen molar-refractivity contribution in [3.8, 4) is 28.6 Å². The Kier molecular flexibility index (Phi) is 6.97. The number of carbonyl (C=O) groups is 1. The van der Waals surface area contributed by atoms with Crippen LogP contribution in [0.2, 0.25) is 0 Å². The summed E-state index contributed by atoms with van der Waals surface area (Å²) in [5.74, 6) is 3.11. The molecule has 0 radical (unpaired) electrons. The predicted molar refractivity (Wildman–Crippen MR) is 116 cm³/mol. The van der Waals surface area contributed by atoms with E-state index in [1.54, 1.807) is 39.7 Å². The van der Waals surface area contributed by atoms with Crippen LogP contribution in [-0.4, -0.2) is 56.8 Å². The summed E-state index contributed by atoms with van der Waals surface area (Å²) < 4.78 is 16.3. The highest BCUT2D eigenvalue weighted by atomic mass is 16.5. The Hall–Kier alpha value is -3.03. The summed E-state index contributed by atoms with van der Waals surface area (Å²) in [4.78, 5) is 24.1. The first-order valence-corrected chi connectivity index (χ1v) is 10.3. The summed E-state index contributed by atoms with van der Waals surface area (Å²) in [6.45, 7) is 6.23. The van der Waals surface area contributed by atoms with Crippen LogP contribution >= 0.6 is 0 Å². The molecule has 1 aliphatic carbocycles. The molecule has 8 heteroatoms. The van der Waals surface area contributed by atoms with Gasteiger partial charge in [-0.05, 0) is 44.7 Å². The van der Waals surface area contributed by atoms with Crippen molar-refractivity contribution in [1.29, 1.82) is 0 Å². The summed E-state index contributed by atoms with van der Waals surface area (Å²) >= 11 is 0. The molecule has 8 nitrogen and oxygen atoms in total. The van der Waals surface area contributed by atoms with Crippen molar-refractivity contribution in [3.63, 3.8) is 0 Å². The van der Waals surface area contributed by atoms with Crippen LogP contribution in [0.3, 0.4) is 0 Å². The Morgan fingerprint density at radius 2 is 1.73 bits per heavy atom. The molecule has 0 bridgehead atoms. The minimum atomic E-state index is -0.139. The number of nitrogens with one attached hydrogen (secondary N) is 1. The summed E-state index contributed by atoms with van der Waals surface area (Å²) in [7, 11) is 4.69. The summed E-state index contributed by atoms with van der Waals surface area (Å²) in [6, 6.07) is 3.60. The largest absolute Gasteiger partial charge is 0.493 e. The van der Waals surface area contributed by atoms with Crippen LogP contribution in [0, 0.1) is 5.92 Å². The van der Waals surface area contributed by atoms with Gasteiger partial charge in [-0.2, -0.15) is 0 Å². The first kappa shape index (κ1) is 21.7. The predicted octanol–water partition coefficient (Wildman–Crippen LogP) is 3.16. The third-order valence-corrected chi connectivity index (χ3v) is 5.25. The maximum atomic E-state index is 12.8. The third kappa shape index (κ3) is 4.58. The molecule has 1 N–H and O–H groups in total. The number of hydrogen-bond donors (Lipinski definition) is 1. The normalized spacial score (nSPS) is 13.0. The molecule has 1 fully saturated rings. The fourth-order valence-electron chi connectivity index (χ4n) is 3.30. The summed E-state index contributed by atoms with van der Waals surface area (Å²) in [5.41, 5.74) is 1.19. The topological polar surface area (TPSA) is 85.8 Å². The average molecular weight is 415 g/mol. The van der Waals surface area contributed by atoms with Gasteiger partial charge >= 0.3 is 0 Å². The van der Waals surface area contributed by atoms with Crippen molar-refractivity contribution in [2.24, 2.45) is 5.92 Å². The zero-order valence-corrected chi connectivity index (χ0v) is 18.3. The van der Waals surface area contributed by atoms with Gasteiger partial charge in [0.25, 0.3) is 5.91 Å². The third-order valence-electron chi connectivity index (χ3n) is 5.25. The molecule has 30 heavy (non-hydrogen) atoms. The zero-order valence-electron chi connectivity index (χ0n) is 18.3. The van der Waals surface area contributed by atoms with Crippen molar-refractivity contribution >= 4 is 11.7 Å². The minimum Gasteiger partial charge on any atom is -0.493 e. The van der Waals surface area contributed by atoms with Gasteiger partial charge in [-0.3, -0.25) is 4.79 Å². The van der Waals surface area contributed by atoms with Gasteiger partial charge in [0.05, 0.1) is 21.3 Å². The minimum absolute atomic E-state index is 0.139. The number of benzene rings is 1. The Labute approximate surface area is 177 Å². The van der Waals surface area contributed by atoms with Crippen LogP contribution in [0.4, 0.5) is 5.82 Å². The lowest BCUT2D eigenvalue weighted by Crippen LogP contribution is -2.31. The van der Waals surface area contributed by atoms with Gasteiger partial charge in [-0.1, -0.05) is 0 Å². The second-order valence-corrected chi connectivity index (χ2v) is 7.17. The summed E-state index contributed by atoms with van der Waals surface area (Å²) in [5, 5.41) is 3.01. The molecule has 1 amide bonds. The Morgan fingerprint density at radius 3 is 2.23 bits per heavy atom. The van der Waals surface area contributed by atoms with Crippen LogP contribution in [0.5, 0.6) is 17.2 Å². The van der Waals surface area contributed by atoms with Crippen LogP contribution in [0.25, 0.3) is 11.4 Å². The molecule has 0 unspecified atom stereocenters. The van der Waals surface area contributed by atoms with Gasteiger partial charge in [0, 0.05) is 31.4 Å². The molecular formula is C22H30N4O4. The average Bonchev–Trinajstić information content (AvgIpc) is 3.61. The number of methoxy groups -OCH3 is 3. The van der Waals surface area contributed by atoms with E-state index in [2.05, 4.69) is 15.2 Å². The summed E-state index contributed by atoms with van der Waals surface area (Å²) in [6.07, 6.45) is 3.96. The Morgan fingerprint density at radius 1 is 1.10 bits per heavy atom. The van der Waals surface area contributed by atoms with Gasteiger partial charge in [-0.15, -0.1) is 0 Å². The molecule has 0 aliphatic heterocycles. The lowest BCUT2D eigenvalue weighted by Gasteiger charge is -2.23. The maximum absolute atomic E-state index is 12.8. The van der Waals surface area contributed by atoms with E-state index in [0.29, 0.717) is 52.5 Å². The Bertz CT molecular complexity index is 870. The lowest BCUT2D eigenvalue weighted by molar-refractivity contribution is 0.0951. The van der Waals surface area contributed by atoms with Crippen LogP contribution in [-0.2, 0) is 0 Å². The molecule has 1 heterocycles. The SMILES string of the molecule is CCN(CC)c1nc(-c2cc(OC)c(OC)c(OC)c2)ncc1C(=O)NCC1CC1. The van der Waals surface area contributed by atoms with Gasteiger partial charge < -0.3 is 24.4 Å². The van der Waals surface area contributed by atoms with E-state index in [0.717, 1.165) is 13.1 Å². The van der Waals surface area contributed by atoms with Crippen molar-refractivity contribution in [2.75, 3.05) is 45.9 Å². The van der Waals surface area contributed by atoms with Crippen LogP contribution in [0.1, 0.15) is 37.0 Å². The van der Waals surface area contributed by atoms with E-state index in [1.807, 2.05) is 13.8 Å². The van der Waals surface area contributed by atoms with E-state index < -0.39 is 0 Å². The van der Waals surface area contributed by atoms with E-state index in [-0.39, 0.29) is 5.91 Å². The zero-order chi connectivity index (χ0) is 21.7. The van der Waals surface area contributed by atoms with E-state index in [4.69, 9.17) is 19.2 Å². The van der Waals surface area contributed by atoms with E-state index in [1.165, 1.54) is 12.8 Å². The number of ether oxygens (including phenoxy) is 3. The molecule has 1 aromatic heterocycles. The second-order valence-electron chi connectivity index (χ2n) is 7.17. The molecule has 0 spiro atoms. The Balaban J connectivity index is 2.03. The molecule has 162 valence electrons. The molecule has 2 aromatic rings.